The first-order chi connectivity index (χ1) is 10.2. The van der Waals surface area contributed by atoms with E-state index in [1.54, 1.807) is 36.4 Å². The molecule has 2 aromatic carbocycles. The minimum atomic E-state index is -0.526. The average Bonchev–Trinajstić information content (AvgIpc) is 2.51. The van der Waals surface area contributed by atoms with Gasteiger partial charge in [-0.3, -0.25) is 10.1 Å². The van der Waals surface area contributed by atoms with Gasteiger partial charge in [0.2, 0.25) is 6.20 Å². The molecule has 0 aromatic heterocycles. The highest BCUT2D eigenvalue weighted by Crippen LogP contribution is 2.21. The Labute approximate surface area is 121 Å². The lowest BCUT2D eigenvalue weighted by molar-refractivity contribution is -0.400. The Morgan fingerprint density at radius 3 is 2.67 bits per heavy atom. The van der Waals surface area contributed by atoms with Crippen LogP contribution in [0.1, 0.15) is 16.7 Å². The third-order valence-electron chi connectivity index (χ3n) is 2.82. The van der Waals surface area contributed by atoms with Crippen LogP contribution < -0.4 is 4.74 Å². The second-order valence-electron chi connectivity index (χ2n) is 4.20. The number of para-hydroxylation sites is 1. The number of benzene rings is 2. The number of nitriles is 1. The van der Waals surface area contributed by atoms with E-state index in [1.807, 2.05) is 12.1 Å². The molecule has 0 spiro atoms. The maximum atomic E-state index is 10.4. The van der Waals surface area contributed by atoms with Gasteiger partial charge in [-0.05, 0) is 12.1 Å². The molecule has 0 aliphatic rings. The molecule has 0 unspecified atom stereocenters. The van der Waals surface area contributed by atoms with Crippen molar-refractivity contribution in [1.82, 2.24) is 0 Å². The van der Waals surface area contributed by atoms with Crippen molar-refractivity contribution in [2.24, 2.45) is 0 Å². The molecule has 0 saturated heterocycles. The number of hydrogen-bond acceptors (Lipinski definition) is 4. The fourth-order valence-corrected chi connectivity index (χ4v) is 1.80. The maximum Gasteiger partial charge on any atom is 0.235 e. The second kappa shape index (κ2) is 6.87. The van der Waals surface area contributed by atoms with Crippen molar-refractivity contribution in [3.63, 3.8) is 0 Å². The van der Waals surface area contributed by atoms with E-state index in [0.717, 1.165) is 11.8 Å². The zero-order chi connectivity index (χ0) is 15.1. The monoisotopic (exact) mass is 280 g/mol. The van der Waals surface area contributed by atoms with Crippen molar-refractivity contribution in [2.45, 2.75) is 6.61 Å². The number of rotatable bonds is 5. The van der Waals surface area contributed by atoms with Crippen molar-refractivity contribution in [1.29, 1.82) is 5.26 Å². The number of nitro groups is 1. The average molecular weight is 280 g/mol. The summed E-state index contributed by atoms with van der Waals surface area (Å²) in [6, 6.07) is 16.3. The van der Waals surface area contributed by atoms with Crippen LogP contribution in [0.2, 0.25) is 0 Å². The van der Waals surface area contributed by atoms with Crippen LogP contribution in [0.4, 0.5) is 0 Å². The number of ether oxygens (including phenoxy) is 1. The highest BCUT2D eigenvalue weighted by Gasteiger charge is 2.05. The Morgan fingerprint density at radius 2 is 1.90 bits per heavy atom. The van der Waals surface area contributed by atoms with Gasteiger partial charge in [0.1, 0.15) is 12.4 Å². The van der Waals surface area contributed by atoms with Crippen molar-refractivity contribution in [3.8, 4) is 11.8 Å². The van der Waals surface area contributed by atoms with Gasteiger partial charge in [0, 0.05) is 17.2 Å². The fourth-order valence-electron chi connectivity index (χ4n) is 1.80. The highest BCUT2D eigenvalue weighted by molar-refractivity contribution is 5.56. The van der Waals surface area contributed by atoms with Gasteiger partial charge >= 0.3 is 0 Å². The van der Waals surface area contributed by atoms with Gasteiger partial charge in [-0.2, -0.15) is 5.26 Å². The molecule has 0 N–H and O–H groups in total. The molecule has 0 saturated carbocycles. The topological polar surface area (TPSA) is 76.2 Å². The van der Waals surface area contributed by atoms with Crippen LogP contribution in [0, 0.1) is 21.4 Å². The normalized spacial score (nSPS) is 10.2. The summed E-state index contributed by atoms with van der Waals surface area (Å²) in [6.07, 6.45) is 2.25. The van der Waals surface area contributed by atoms with Crippen LogP contribution in [-0.4, -0.2) is 4.92 Å². The Morgan fingerprint density at radius 1 is 1.19 bits per heavy atom. The van der Waals surface area contributed by atoms with Gasteiger partial charge in [0.15, 0.2) is 0 Å². The summed E-state index contributed by atoms with van der Waals surface area (Å²) in [5.41, 5.74) is 1.94. The summed E-state index contributed by atoms with van der Waals surface area (Å²) in [6.45, 7) is 0.229. The largest absolute Gasteiger partial charge is 0.488 e. The van der Waals surface area contributed by atoms with Gasteiger partial charge in [-0.25, -0.2) is 0 Å². The third-order valence-corrected chi connectivity index (χ3v) is 2.82. The minimum Gasteiger partial charge on any atom is -0.488 e. The molecule has 0 bridgehead atoms. The molecule has 21 heavy (non-hydrogen) atoms. The van der Waals surface area contributed by atoms with Crippen molar-refractivity contribution >= 4 is 6.08 Å². The quantitative estimate of drug-likeness (QED) is 0.621. The highest BCUT2D eigenvalue weighted by atomic mass is 16.6. The van der Waals surface area contributed by atoms with Gasteiger partial charge in [0.05, 0.1) is 16.6 Å². The van der Waals surface area contributed by atoms with E-state index in [4.69, 9.17) is 10.00 Å². The maximum absolute atomic E-state index is 10.4. The van der Waals surface area contributed by atoms with E-state index < -0.39 is 4.92 Å². The van der Waals surface area contributed by atoms with E-state index in [9.17, 15) is 10.1 Å². The van der Waals surface area contributed by atoms with Crippen molar-refractivity contribution < 1.29 is 9.66 Å². The standard InChI is InChI=1S/C16H12N2O3/c17-11-14-6-1-2-7-15(14)12-21-16-8-4-3-5-13(16)9-10-18(19)20/h1-10H,12H2. The Kier molecular flexibility index (Phi) is 4.67. The molecule has 0 radical (unpaired) electrons. The van der Waals surface area contributed by atoms with E-state index in [2.05, 4.69) is 6.07 Å². The first-order valence-electron chi connectivity index (χ1n) is 6.22. The first-order valence-corrected chi connectivity index (χ1v) is 6.22. The van der Waals surface area contributed by atoms with E-state index >= 15 is 0 Å². The van der Waals surface area contributed by atoms with Gasteiger partial charge < -0.3 is 4.74 Å². The molecule has 2 aromatic rings. The van der Waals surface area contributed by atoms with Crippen LogP contribution >= 0.6 is 0 Å². The van der Waals surface area contributed by atoms with Crippen LogP contribution in [0.3, 0.4) is 0 Å². The summed E-state index contributed by atoms with van der Waals surface area (Å²) in [7, 11) is 0. The van der Waals surface area contributed by atoms with Gasteiger partial charge in [-0.15, -0.1) is 0 Å². The lowest BCUT2D eigenvalue weighted by Gasteiger charge is -2.09. The molecule has 0 amide bonds. The molecule has 5 nitrogen and oxygen atoms in total. The predicted octanol–water partition coefficient (Wildman–Crippen LogP) is 3.38. The lowest BCUT2D eigenvalue weighted by Crippen LogP contribution is -1.99. The lowest BCUT2D eigenvalue weighted by atomic mass is 10.1. The fraction of sp³-hybridized carbons (Fsp3) is 0.0625. The zero-order valence-electron chi connectivity index (χ0n) is 11.1. The molecule has 0 fully saturated rings. The zero-order valence-corrected chi connectivity index (χ0v) is 11.1. The van der Waals surface area contributed by atoms with Gasteiger partial charge in [-0.1, -0.05) is 36.4 Å². The van der Waals surface area contributed by atoms with Crippen LogP contribution in [-0.2, 0) is 6.61 Å². The van der Waals surface area contributed by atoms with Gasteiger partial charge in [0.25, 0.3) is 0 Å². The Bertz CT molecular complexity index is 717. The molecule has 2 rings (SSSR count). The summed E-state index contributed by atoms with van der Waals surface area (Å²) < 4.78 is 5.67. The minimum absolute atomic E-state index is 0.229. The van der Waals surface area contributed by atoms with Crippen LogP contribution in [0.25, 0.3) is 6.08 Å². The summed E-state index contributed by atoms with van der Waals surface area (Å²) in [4.78, 5) is 9.86. The molecule has 0 aliphatic heterocycles. The molecule has 5 heteroatoms. The van der Waals surface area contributed by atoms with E-state index in [0.29, 0.717) is 16.9 Å². The second-order valence-corrected chi connectivity index (χ2v) is 4.20. The Hall–Kier alpha value is -3.13. The van der Waals surface area contributed by atoms with E-state index in [-0.39, 0.29) is 6.61 Å². The van der Waals surface area contributed by atoms with E-state index in [1.165, 1.54) is 6.08 Å². The van der Waals surface area contributed by atoms with Crippen molar-refractivity contribution in [2.75, 3.05) is 0 Å². The summed E-state index contributed by atoms with van der Waals surface area (Å²) in [5, 5.41) is 19.4. The first kappa shape index (κ1) is 14.3. The number of nitrogens with zero attached hydrogens (tertiary/aromatic N) is 2. The van der Waals surface area contributed by atoms with Crippen LogP contribution in [0.5, 0.6) is 5.75 Å². The van der Waals surface area contributed by atoms with Crippen LogP contribution in [0.15, 0.2) is 54.7 Å². The molecular weight excluding hydrogens is 268 g/mol. The Balaban J connectivity index is 2.17. The van der Waals surface area contributed by atoms with Crippen molar-refractivity contribution in [3.05, 3.63) is 81.5 Å². The molecular formula is C16H12N2O3. The third kappa shape index (κ3) is 3.91. The molecule has 0 aliphatic carbocycles. The molecule has 0 heterocycles. The predicted molar refractivity (Wildman–Crippen MR) is 78.0 cm³/mol. The number of hydrogen-bond donors (Lipinski definition) is 0. The molecule has 0 atom stereocenters. The summed E-state index contributed by atoms with van der Waals surface area (Å²) >= 11 is 0. The molecule has 104 valence electrons. The summed E-state index contributed by atoms with van der Waals surface area (Å²) in [5.74, 6) is 0.531. The smallest absolute Gasteiger partial charge is 0.235 e. The SMILES string of the molecule is N#Cc1ccccc1COc1ccccc1C=C[N+](=O)[O-].